The smallest absolute Gasteiger partial charge is 0.332 e. The highest BCUT2D eigenvalue weighted by Gasteiger charge is 2.24. The number of H-pyrrole nitrogens is 1. The molecule has 0 bridgehead atoms. The molecule has 0 radical (unpaired) electrons. The summed E-state index contributed by atoms with van der Waals surface area (Å²) >= 11 is 0. The van der Waals surface area contributed by atoms with Crippen LogP contribution in [0, 0.1) is 11.8 Å². The number of methoxy groups -OCH3 is 1. The van der Waals surface area contributed by atoms with E-state index in [1.807, 2.05) is 12.1 Å². The molecule has 65 heavy (non-hydrogen) atoms. The van der Waals surface area contributed by atoms with Crippen LogP contribution in [0.1, 0.15) is 69.8 Å². The average Bonchev–Trinajstić information content (AvgIpc) is 3.78. The van der Waals surface area contributed by atoms with E-state index in [1.54, 1.807) is 23.8 Å². The van der Waals surface area contributed by atoms with E-state index < -0.39 is 5.97 Å². The lowest BCUT2D eigenvalue weighted by Gasteiger charge is -2.24. The fraction of sp³-hybridized carbons (Fsp3) is 0.702. The summed E-state index contributed by atoms with van der Waals surface area (Å²) < 4.78 is 50.6. The van der Waals surface area contributed by atoms with Crippen molar-refractivity contribution in [1.29, 1.82) is 0 Å². The van der Waals surface area contributed by atoms with E-state index in [0.29, 0.717) is 154 Å². The van der Waals surface area contributed by atoms with E-state index in [1.165, 1.54) is 36.3 Å². The largest absolute Gasteiger partial charge is 0.478 e. The number of aliphatic carboxylic acids is 1. The fourth-order valence-corrected chi connectivity index (χ4v) is 7.65. The fourth-order valence-electron chi connectivity index (χ4n) is 7.65. The number of rotatable bonds is 33. The van der Waals surface area contributed by atoms with Gasteiger partial charge in [-0.05, 0) is 49.2 Å². The highest BCUT2D eigenvalue weighted by molar-refractivity contribution is 5.85. The van der Waals surface area contributed by atoms with Crippen LogP contribution in [0.25, 0.3) is 28.6 Å². The Labute approximate surface area is 382 Å². The van der Waals surface area contributed by atoms with Gasteiger partial charge in [0.05, 0.1) is 119 Å². The molecule has 2 fully saturated rings. The number of benzene rings is 1. The molecule has 0 atom stereocenters. The monoisotopic (exact) mass is 919 g/mol. The molecule has 0 aliphatic heterocycles. The number of nitrogens with zero attached hydrogens (tertiary/aromatic N) is 3. The topological polar surface area (TPSA) is 213 Å². The molecule has 5 rings (SSSR count). The van der Waals surface area contributed by atoms with Gasteiger partial charge in [0, 0.05) is 31.8 Å². The molecule has 3 N–H and O–H groups in total. The minimum absolute atomic E-state index is 0.0322. The summed E-state index contributed by atoms with van der Waals surface area (Å²) in [6.07, 6.45) is 14.1. The highest BCUT2D eigenvalue weighted by Crippen LogP contribution is 2.27. The van der Waals surface area contributed by atoms with Crippen LogP contribution in [-0.4, -0.2) is 161 Å². The van der Waals surface area contributed by atoms with Gasteiger partial charge in [0.15, 0.2) is 5.65 Å². The lowest BCUT2D eigenvalue weighted by atomic mass is 9.89. The molecule has 2 aromatic heterocycles. The van der Waals surface area contributed by atoms with Crippen molar-refractivity contribution < 1.29 is 57.6 Å². The molecule has 0 spiro atoms. The van der Waals surface area contributed by atoms with Crippen LogP contribution in [0.15, 0.2) is 39.9 Å². The average molecular weight is 919 g/mol. The SMILES string of the molecule is COCCOCCOCCOCCOCCOCCOCCOCCOCCO.O=C(O)/C=C/c1ccc(-c2nc3c([nH]2)c(=O)n(CC2CCCCC2)c(=O)n3CC2CCCCC2)cc1. The molecule has 2 aliphatic carbocycles. The number of imidazole rings is 1. The standard InChI is InChI=1S/C28H34N4O4.C19H40O10/c33-23(34)16-13-19-11-14-22(15-12-19)25-29-24-26(30-25)31(17-20-7-3-1-4-8-20)28(36)32(27(24)35)18-21-9-5-2-6-10-21;1-21-4-5-23-8-9-25-12-13-27-16-17-29-19-18-28-15-14-26-11-10-24-7-6-22-3-2-20/h11-16,20-21H,1-10,17-18H2,(H,29,30)(H,33,34);20H,2-19H2,1H3/b16-13+;. The van der Waals surface area contributed by atoms with Gasteiger partial charge in [0.1, 0.15) is 11.3 Å². The summed E-state index contributed by atoms with van der Waals surface area (Å²) in [6, 6.07) is 7.28. The number of hydrogen-bond acceptors (Lipinski definition) is 14. The predicted octanol–water partition coefficient (Wildman–Crippen LogP) is 4.57. The number of aromatic amines is 1. The van der Waals surface area contributed by atoms with E-state index in [2.05, 4.69) is 4.98 Å². The number of carboxylic acids is 1. The molecule has 3 aromatic rings. The molecule has 2 aliphatic rings. The second-order valence-corrected chi connectivity index (χ2v) is 16.0. The van der Waals surface area contributed by atoms with Crippen molar-refractivity contribution in [2.75, 3.05) is 126 Å². The zero-order chi connectivity index (χ0) is 46.2. The summed E-state index contributed by atoms with van der Waals surface area (Å²) in [4.78, 5) is 46.0. The Morgan fingerprint density at radius 3 is 1.46 bits per heavy atom. The number of aliphatic hydroxyl groups excluding tert-OH is 1. The molecule has 366 valence electrons. The van der Waals surface area contributed by atoms with Gasteiger partial charge in [-0.15, -0.1) is 0 Å². The van der Waals surface area contributed by atoms with Gasteiger partial charge >= 0.3 is 11.7 Å². The third-order valence-corrected chi connectivity index (χ3v) is 11.1. The van der Waals surface area contributed by atoms with E-state index in [-0.39, 0.29) is 17.9 Å². The zero-order valence-electron chi connectivity index (χ0n) is 38.5. The van der Waals surface area contributed by atoms with Gasteiger partial charge in [0.25, 0.3) is 5.56 Å². The predicted molar refractivity (Wildman–Crippen MR) is 245 cm³/mol. The summed E-state index contributed by atoms with van der Waals surface area (Å²) in [6.45, 7) is 9.96. The van der Waals surface area contributed by atoms with Gasteiger partial charge < -0.3 is 57.8 Å². The Kier molecular flexibility index (Phi) is 27.8. The van der Waals surface area contributed by atoms with Crippen molar-refractivity contribution in [2.45, 2.75) is 77.3 Å². The van der Waals surface area contributed by atoms with E-state index >= 15 is 0 Å². The van der Waals surface area contributed by atoms with Crippen molar-refractivity contribution in [3.8, 4) is 11.4 Å². The maximum absolute atomic E-state index is 13.7. The Morgan fingerprint density at radius 2 is 1.05 bits per heavy atom. The van der Waals surface area contributed by atoms with Crippen LogP contribution in [0.5, 0.6) is 0 Å². The van der Waals surface area contributed by atoms with Crippen molar-refractivity contribution in [3.05, 3.63) is 56.7 Å². The molecule has 2 saturated carbocycles. The van der Waals surface area contributed by atoms with Crippen LogP contribution in [-0.2, 0) is 60.5 Å². The van der Waals surface area contributed by atoms with Gasteiger partial charge in [-0.3, -0.25) is 13.9 Å². The van der Waals surface area contributed by atoms with Gasteiger partial charge in [0.2, 0.25) is 0 Å². The first-order valence-electron chi connectivity index (χ1n) is 23.4. The number of aromatic nitrogens is 4. The molecule has 0 unspecified atom stereocenters. The third-order valence-electron chi connectivity index (χ3n) is 11.1. The zero-order valence-corrected chi connectivity index (χ0v) is 38.5. The quantitative estimate of drug-likeness (QED) is 0.0564. The maximum Gasteiger partial charge on any atom is 0.332 e. The number of carboxylic acid groups (broad SMARTS) is 1. The van der Waals surface area contributed by atoms with Crippen molar-refractivity contribution >= 4 is 23.2 Å². The number of fused-ring (bicyclic) bond motifs is 1. The minimum Gasteiger partial charge on any atom is -0.478 e. The van der Waals surface area contributed by atoms with E-state index in [0.717, 1.165) is 55.7 Å². The molecule has 18 heteroatoms. The Balaban J connectivity index is 0.000000293. The number of ether oxygens (including phenoxy) is 9. The van der Waals surface area contributed by atoms with Crippen LogP contribution < -0.4 is 11.2 Å². The molecule has 18 nitrogen and oxygen atoms in total. The molecule has 2 heterocycles. The van der Waals surface area contributed by atoms with Crippen molar-refractivity contribution in [1.82, 2.24) is 19.1 Å². The normalized spacial score (nSPS) is 14.9. The number of nitrogens with one attached hydrogen (secondary N) is 1. The number of aliphatic hydroxyl groups is 1. The maximum atomic E-state index is 13.7. The molecular weight excluding hydrogens is 845 g/mol. The lowest BCUT2D eigenvalue weighted by Crippen LogP contribution is -2.42. The first-order chi connectivity index (χ1) is 31.9. The van der Waals surface area contributed by atoms with Crippen LogP contribution >= 0.6 is 0 Å². The second-order valence-electron chi connectivity index (χ2n) is 16.0. The summed E-state index contributed by atoms with van der Waals surface area (Å²) in [5.41, 5.74) is 1.80. The Hall–Kier alpha value is -3.82. The number of hydrogen-bond donors (Lipinski definition) is 3. The first-order valence-corrected chi connectivity index (χ1v) is 23.4. The van der Waals surface area contributed by atoms with Crippen LogP contribution in [0.2, 0.25) is 0 Å². The van der Waals surface area contributed by atoms with Crippen molar-refractivity contribution in [3.63, 3.8) is 0 Å². The first kappa shape index (κ1) is 53.8. The van der Waals surface area contributed by atoms with E-state index in [9.17, 15) is 14.4 Å². The Morgan fingerprint density at radius 1 is 0.631 bits per heavy atom. The molecule has 0 saturated heterocycles. The summed E-state index contributed by atoms with van der Waals surface area (Å²) in [7, 11) is 1.64. The second kappa shape index (κ2) is 33.6. The van der Waals surface area contributed by atoms with Crippen LogP contribution in [0.3, 0.4) is 0 Å². The van der Waals surface area contributed by atoms with Crippen molar-refractivity contribution in [2.24, 2.45) is 11.8 Å². The number of carbonyl (C=O) groups is 1. The molecule has 0 amide bonds. The third kappa shape index (κ3) is 21.6. The van der Waals surface area contributed by atoms with Gasteiger partial charge in [-0.25, -0.2) is 14.6 Å². The van der Waals surface area contributed by atoms with E-state index in [4.69, 9.17) is 57.8 Å². The van der Waals surface area contributed by atoms with Gasteiger partial charge in [-0.2, -0.15) is 0 Å². The summed E-state index contributed by atoms with van der Waals surface area (Å²) in [5.74, 6) is 0.305. The summed E-state index contributed by atoms with van der Waals surface area (Å²) in [5, 5.41) is 17.4. The lowest BCUT2D eigenvalue weighted by molar-refractivity contribution is -0.131. The highest BCUT2D eigenvalue weighted by atomic mass is 16.6. The Bertz CT molecular complexity index is 1830. The minimum atomic E-state index is -1.00. The van der Waals surface area contributed by atoms with Gasteiger partial charge in [-0.1, -0.05) is 62.8 Å². The van der Waals surface area contributed by atoms with Crippen LogP contribution in [0.4, 0.5) is 0 Å². The molecule has 1 aromatic carbocycles. The molecular formula is C47H74N4O14.